The summed E-state index contributed by atoms with van der Waals surface area (Å²) in [6.45, 7) is 9.64. The molecule has 0 radical (unpaired) electrons. The molecule has 0 bridgehead atoms. The summed E-state index contributed by atoms with van der Waals surface area (Å²) in [5.41, 5.74) is 1.22. The van der Waals surface area contributed by atoms with Crippen LogP contribution in [-0.4, -0.2) is 47.8 Å². The Morgan fingerprint density at radius 3 is 2.83 bits per heavy atom. The van der Waals surface area contributed by atoms with E-state index < -0.39 is 0 Å². The van der Waals surface area contributed by atoms with Gasteiger partial charge in [0.1, 0.15) is 6.10 Å². The highest BCUT2D eigenvalue weighted by Gasteiger charge is 2.56. The highest BCUT2D eigenvalue weighted by Crippen LogP contribution is 2.57. The van der Waals surface area contributed by atoms with Crippen molar-refractivity contribution < 1.29 is 14.6 Å². The molecule has 4 aliphatic rings. The molecule has 4 rings (SSSR count). The Kier molecular flexibility index (Phi) is 3.80. The van der Waals surface area contributed by atoms with Gasteiger partial charge in [-0.1, -0.05) is 19.1 Å². The van der Waals surface area contributed by atoms with Gasteiger partial charge in [-0.25, -0.2) is 0 Å². The van der Waals surface area contributed by atoms with Crippen molar-refractivity contribution in [3.63, 3.8) is 0 Å². The summed E-state index contributed by atoms with van der Waals surface area (Å²) >= 11 is 0. The first-order valence-electron chi connectivity index (χ1n) is 9.25. The predicted octanol–water partition coefficient (Wildman–Crippen LogP) is 2.37. The third kappa shape index (κ3) is 2.64. The quantitative estimate of drug-likeness (QED) is 0.627. The van der Waals surface area contributed by atoms with E-state index in [1.807, 2.05) is 0 Å². The van der Waals surface area contributed by atoms with Gasteiger partial charge in [-0.15, -0.1) is 0 Å². The Bertz CT molecular complexity index is 513. The molecule has 2 saturated heterocycles. The molecule has 0 aromatic rings. The SMILES string of the molecule is C=C1C[C@H](O)C[C@]2(C)C[C@H]3OC(=O)C(CN4CCCC4)[C@H]3C[C@@H]12. The zero-order valence-electron chi connectivity index (χ0n) is 14.2. The summed E-state index contributed by atoms with van der Waals surface area (Å²) in [5, 5.41) is 10.1. The number of carbonyl (C=O) groups excluding carboxylic acids is 1. The van der Waals surface area contributed by atoms with Crippen molar-refractivity contribution in [2.45, 2.75) is 57.7 Å². The van der Waals surface area contributed by atoms with Gasteiger partial charge in [-0.3, -0.25) is 4.79 Å². The first-order chi connectivity index (χ1) is 11.0. The van der Waals surface area contributed by atoms with Crippen molar-refractivity contribution in [3.8, 4) is 0 Å². The number of hydrogen-bond donors (Lipinski definition) is 1. The molecule has 4 heteroatoms. The average molecular weight is 319 g/mol. The summed E-state index contributed by atoms with van der Waals surface area (Å²) in [6, 6.07) is 0. The third-order valence-electron chi connectivity index (χ3n) is 6.93. The van der Waals surface area contributed by atoms with Crippen LogP contribution in [0.1, 0.15) is 45.4 Å². The minimum absolute atomic E-state index is 0.0142. The summed E-state index contributed by atoms with van der Waals surface area (Å²) in [4.78, 5) is 14.9. The maximum Gasteiger partial charge on any atom is 0.310 e. The van der Waals surface area contributed by atoms with E-state index in [9.17, 15) is 9.90 Å². The predicted molar refractivity (Wildman–Crippen MR) is 87.7 cm³/mol. The van der Waals surface area contributed by atoms with Crippen LogP contribution in [-0.2, 0) is 9.53 Å². The van der Waals surface area contributed by atoms with Gasteiger partial charge in [0.2, 0.25) is 0 Å². The second-order valence-corrected chi connectivity index (χ2v) is 8.62. The Hall–Kier alpha value is -0.870. The van der Waals surface area contributed by atoms with Crippen molar-refractivity contribution in [2.75, 3.05) is 19.6 Å². The van der Waals surface area contributed by atoms with Crippen LogP contribution in [0.4, 0.5) is 0 Å². The van der Waals surface area contributed by atoms with Gasteiger partial charge in [-0.2, -0.15) is 0 Å². The van der Waals surface area contributed by atoms with E-state index in [-0.39, 0.29) is 29.5 Å². The van der Waals surface area contributed by atoms with Crippen molar-refractivity contribution in [1.29, 1.82) is 0 Å². The van der Waals surface area contributed by atoms with Crippen molar-refractivity contribution >= 4 is 5.97 Å². The van der Waals surface area contributed by atoms with Crippen LogP contribution >= 0.6 is 0 Å². The van der Waals surface area contributed by atoms with Gasteiger partial charge in [0, 0.05) is 12.5 Å². The molecule has 4 fully saturated rings. The zero-order valence-corrected chi connectivity index (χ0v) is 14.2. The first-order valence-corrected chi connectivity index (χ1v) is 9.25. The normalized spacial score (nSPS) is 47.3. The number of aliphatic hydroxyl groups is 1. The number of likely N-dealkylation sites (tertiary alicyclic amines) is 1. The van der Waals surface area contributed by atoms with Crippen LogP contribution in [0.2, 0.25) is 0 Å². The molecular weight excluding hydrogens is 290 g/mol. The highest BCUT2D eigenvalue weighted by molar-refractivity contribution is 5.75. The van der Waals surface area contributed by atoms with E-state index in [1.54, 1.807) is 0 Å². The van der Waals surface area contributed by atoms with Gasteiger partial charge >= 0.3 is 5.97 Å². The number of ether oxygens (including phenoxy) is 1. The average Bonchev–Trinajstić information content (AvgIpc) is 3.05. The number of nitrogens with zero attached hydrogens (tertiary/aromatic N) is 1. The number of rotatable bonds is 2. The molecule has 2 heterocycles. The fourth-order valence-corrected chi connectivity index (χ4v) is 5.82. The summed E-state index contributed by atoms with van der Waals surface area (Å²) in [6.07, 6.45) is 5.72. The smallest absolute Gasteiger partial charge is 0.310 e. The lowest BCUT2D eigenvalue weighted by atomic mass is 9.54. The van der Waals surface area contributed by atoms with E-state index >= 15 is 0 Å². The van der Waals surface area contributed by atoms with Crippen LogP contribution in [0.25, 0.3) is 0 Å². The van der Waals surface area contributed by atoms with Crippen LogP contribution in [0.5, 0.6) is 0 Å². The van der Waals surface area contributed by atoms with Crippen LogP contribution in [0.15, 0.2) is 12.2 Å². The van der Waals surface area contributed by atoms with Crippen LogP contribution in [0, 0.1) is 23.2 Å². The molecule has 0 aromatic heterocycles. The lowest BCUT2D eigenvalue weighted by molar-refractivity contribution is -0.146. The number of carbonyl (C=O) groups is 1. The third-order valence-corrected chi connectivity index (χ3v) is 6.93. The minimum Gasteiger partial charge on any atom is -0.462 e. The Balaban J connectivity index is 1.53. The molecule has 2 saturated carbocycles. The van der Waals surface area contributed by atoms with Crippen molar-refractivity contribution in [3.05, 3.63) is 12.2 Å². The topological polar surface area (TPSA) is 49.8 Å². The molecule has 128 valence electrons. The molecular formula is C19H29NO3. The first kappa shape index (κ1) is 15.6. The van der Waals surface area contributed by atoms with Crippen molar-refractivity contribution in [1.82, 2.24) is 4.90 Å². The largest absolute Gasteiger partial charge is 0.462 e. The van der Waals surface area contributed by atoms with E-state index in [0.717, 1.165) is 45.3 Å². The van der Waals surface area contributed by atoms with E-state index in [1.165, 1.54) is 18.4 Å². The molecule has 2 aliphatic heterocycles. The second-order valence-electron chi connectivity index (χ2n) is 8.62. The summed E-state index contributed by atoms with van der Waals surface area (Å²) < 4.78 is 5.80. The number of fused-ring (bicyclic) bond motifs is 2. The number of aliphatic hydroxyl groups excluding tert-OH is 1. The van der Waals surface area contributed by atoms with Gasteiger partial charge in [0.15, 0.2) is 0 Å². The summed E-state index contributed by atoms with van der Waals surface area (Å²) in [7, 11) is 0. The zero-order chi connectivity index (χ0) is 16.2. The van der Waals surface area contributed by atoms with E-state index in [0.29, 0.717) is 11.8 Å². The van der Waals surface area contributed by atoms with E-state index in [4.69, 9.17) is 4.74 Å². The van der Waals surface area contributed by atoms with Gasteiger partial charge < -0.3 is 14.7 Å². The van der Waals surface area contributed by atoms with Crippen LogP contribution < -0.4 is 0 Å². The van der Waals surface area contributed by atoms with Gasteiger partial charge in [0.25, 0.3) is 0 Å². The number of hydrogen-bond acceptors (Lipinski definition) is 4. The molecule has 2 aliphatic carbocycles. The molecule has 0 spiro atoms. The maximum absolute atomic E-state index is 12.5. The van der Waals surface area contributed by atoms with Crippen LogP contribution in [0.3, 0.4) is 0 Å². The molecule has 1 unspecified atom stereocenters. The summed E-state index contributed by atoms with van der Waals surface area (Å²) in [5.74, 6) is 0.832. The molecule has 1 N–H and O–H groups in total. The lowest BCUT2D eigenvalue weighted by Crippen LogP contribution is -2.48. The van der Waals surface area contributed by atoms with Crippen molar-refractivity contribution in [2.24, 2.45) is 23.2 Å². The highest BCUT2D eigenvalue weighted by atomic mass is 16.6. The molecule has 23 heavy (non-hydrogen) atoms. The molecule has 0 amide bonds. The Morgan fingerprint density at radius 1 is 1.35 bits per heavy atom. The molecule has 6 atom stereocenters. The number of esters is 1. The fraction of sp³-hybridized carbons (Fsp3) is 0.842. The fourth-order valence-electron chi connectivity index (χ4n) is 5.82. The maximum atomic E-state index is 12.5. The standard InChI is InChI=1S/C19H29NO3/c1-12-7-13(21)9-19(2)10-17-14(8-16(12)19)15(18(22)23-17)11-20-5-3-4-6-20/h13-17,21H,1,3-11H2,2H3/t13-,14+,15?,16-,17+,19+/m0/s1. The second kappa shape index (κ2) is 5.59. The Labute approximate surface area is 138 Å². The minimum atomic E-state index is -0.280. The molecule has 4 nitrogen and oxygen atoms in total. The lowest BCUT2D eigenvalue weighted by Gasteiger charge is -2.51. The van der Waals surface area contributed by atoms with E-state index in [2.05, 4.69) is 18.4 Å². The Morgan fingerprint density at radius 2 is 2.09 bits per heavy atom. The van der Waals surface area contributed by atoms with Gasteiger partial charge in [-0.05, 0) is 62.9 Å². The van der Waals surface area contributed by atoms with Gasteiger partial charge in [0.05, 0.1) is 12.0 Å². The molecule has 0 aromatic carbocycles. The monoisotopic (exact) mass is 319 g/mol.